The number of nitrogens with zero attached hydrogens (tertiary/aromatic N) is 2. The van der Waals surface area contributed by atoms with E-state index in [1.54, 1.807) is 12.4 Å². The zero-order valence-electron chi connectivity index (χ0n) is 11.1. The number of carboxylic acid groups (broad SMARTS) is 1. The lowest BCUT2D eigenvalue weighted by molar-refractivity contribution is -0.150. The monoisotopic (exact) mass is 266 g/mol. The molecule has 0 saturated heterocycles. The molecule has 0 fully saturated rings. The van der Waals surface area contributed by atoms with Gasteiger partial charge >= 0.3 is 5.97 Å². The highest BCUT2D eigenvalue weighted by Crippen LogP contribution is 2.59. The van der Waals surface area contributed by atoms with Crippen molar-refractivity contribution in [3.63, 3.8) is 0 Å². The lowest BCUT2D eigenvalue weighted by atomic mass is 9.55. The van der Waals surface area contributed by atoms with Crippen molar-refractivity contribution in [2.45, 2.75) is 25.2 Å². The number of aromatic nitrogens is 2. The fourth-order valence-corrected chi connectivity index (χ4v) is 3.86. The van der Waals surface area contributed by atoms with Crippen molar-refractivity contribution in [1.29, 1.82) is 0 Å². The molecule has 1 atom stereocenters. The number of carboxylic acids is 1. The van der Waals surface area contributed by atoms with Gasteiger partial charge in [0.15, 0.2) is 0 Å². The van der Waals surface area contributed by atoms with Crippen LogP contribution in [-0.2, 0) is 4.79 Å². The van der Waals surface area contributed by atoms with Gasteiger partial charge in [-0.3, -0.25) is 14.8 Å². The molecule has 1 unspecified atom stereocenters. The maximum Gasteiger partial charge on any atom is 0.310 e. The minimum Gasteiger partial charge on any atom is -0.481 e. The largest absolute Gasteiger partial charge is 0.481 e. The number of hydrogen-bond acceptors (Lipinski definition) is 3. The maximum atomic E-state index is 11.8. The smallest absolute Gasteiger partial charge is 0.310 e. The van der Waals surface area contributed by atoms with Gasteiger partial charge < -0.3 is 5.11 Å². The Labute approximate surface area is 116 Å². The van der Waals surface area contributed by atoms with E-state index in [1.165, 1.54) is 0 Å². The second-order valence-corrected chi connectivity index (χ2v) is 5.87. The van der Waals surface area contributed by atoms with Gasteiger partial charge in [-0.25, -0.2) is 0 Å². The number of pyridine rings is 2. The van der Waals surface area contributed by atoms with Crippen LogP contribution >= 0.6 is 0 Å². The minimum atomic E-state index is -0.781. The Balaban J connectivity index is 2.05. The van der Waals surface area contributed by atoms with E-state index in [4.69, 9.17) is 0 Å². The third-order valence-corrected chi connectivity index (χ3v) is 4.78. The van der Waals surface area contributed by atoms with Crippen molar-refractivity contribution in [1.82, 2.24) is 9.97 Å². The first-order valence-electron chi connectivity index (χ1n) is 6.76. The highest BCUT2D eigenvalue weighted by molar-refractivity contribution is 5.79. The fraction of sp³-hybridized carbons (Fsp3) is 0.312. The van der Waals surface area contributed by atoms with Crippen LogP contribution in [-0.4, -0.2) is 21.0 Å². The topological polar surface area (TPSA) is 63.1 Å². The summed E-state index contributed by atoms with van der Waals surface area (Å²) in [7, 11) is 0. The van der Waals surface area contributed by atoms with E-state index < -0.39 is 11.4 Å². The minimum absolute atomic E-state index is 0.00602. The fourth-order valence-electron chi connectivity index (χ4n) is 3.86. The summed E-state index contributed by atoms with van der Waals surface area (Å²) < 4.78 is 0. The molecule has 4 heteroatoms. The average Bonchev–Trinajstić information content (AvgIpc) is 2.47. The molecule has 100 valence electrons. The quantitative estimate of drug-likeness (QED) is 0.861. The van der Waals surface area contributed by atoms with Crippen LogP contribution in [0.3, 0.4) is 0 Å². The molecular weight excluding hydrogens is 252 g/mol. The van der Waals surface area contributed by atoms with Crippen molar-refractivity contribution in [3.8, 4) is 0 Å². The molecule has 0 saturated carbocycles. The number of fused-ring (bicyclic) bond motifs is 1. The molecule has 0 spiro atoms. The van der Waals surface area contributed by atoms with Crippen LogP contribution in [0.5, 0.6) is 0 Å². The number of carbonyl (C=O) groups is 1. The predicted molar refractivity (Wildman–Crippen MR) is 72.5 cm³/mol. The summed E-state index contributed by atoms with van der Waals surface area (Å²) in [6.45, 7) is 1.85. The van der Waals surface area contributed by atoms with Crippen LogP contribution in [0.4, 0.5) is 0 Å². The third-order valence-electron chi connectivity index (χ3n) is 4.78. The highest BCUT2D eigenvalue weighted by Gasteiger charge is 2.55. The first-order chi connectivity index (χ1) is 9.63. The van der Waals surface area contributed by atoms with Crippen molar-refractivity contribution < 1.29 is 9.90 Å². The van der Waals surface area contributed by atoms with Crippen LogP contribution in [0.1, 0.15) is 47.7 Å². The Morgan fingerprint density at radius 3 is 2.25 bits per heavy atom. The van der Waals surface area contributed by atoms with Gasteiger partial charge in [0.25, 0.3) is 0 Å². The zero-order valence-corrected chi connectivity index (χ0v) is 11.1. The van der Waals surface area contributed by atoms with E-state index in [-0.39, 0.29) is 11.8 Å². The molecular formula is C16H14N2O2. The van der Waals surface area contributed by atoms with Crippen LogP contribution in [0.25, 0.3) is 0 Å². The standard InChI is InChI=1S/C16H14N2O2/c1-16(15(19)20)8-11-13-9(4-2-6-17-13)12(16)10-5-3-7-18-14(10)11/h2-7,11-12H,8H2,1H3,(H,19,20). The lowest BCUT2D eigenvalue weighted by Crippen LogP contribution is -2.45. The SMILES string of the molecule is CC1(C(=O)O)CC2c3ncccc3C1c1cccnc12. The Kier molecular flexibility index (Phi) is 2.12. The molecule has 3 aliphatic rings. The van der Waals surface area contributed by atoms with E-state index in [0.29, 0.717) is 6.42 Å². The van der Waals surface area contributed by atoms with Gasteiger partial charge in [0.2, 0.25) is 0 Å². The summed E-state index contributed by atoms with van der Waals surface area (Å²) >= 11 is 0. The molecule has 4 nitrogen and oxygen atoms in total. The summed E-state index contributed by atoms with van der Waals surface area (Å²) in [5, 5.41) is 9.73. The van der Waals surface area contributed by atoms with E-state index in [2.05, 4.69) is 9.97 Å². The first-order valence-corrected chi connectivity index (χ1v) is 6.76. The second kappa shape index (κ2) is 3.66. The molecule has 0 amide bonds. The Morgan fingerprint density at radius 2 is 1.75 bits per heavy atom. The van der Waals surface area contributed by atoms with Crippen molar-refractivity contribution >= 4 is 5.97 Å². The van der Waals surface area contributed by atoms with Crippen molar-refractivity contribution in [2.24, 2.45) is 5.41 Å². The second-order valence-electron chi connectivity index (χ2n) is 5.87. The van der Waals surface area contributed by atoms with Crippen LogP contribution in [0.15, 0.2) is 36.7 Å². The molecule has 3 aliphatic carbocycles. The highest BCUT2D eigenvalue weighted by atomic mass is 16.4. The number of hydrogen-bond donors (Lipinski definition) is 1. The summed E-state index contributed by atoms with van der Waals surface area (Å²) in [5.41, 5.74) is 3.32. The summed E-state index contributed by atoms with van der Waals surface area (Å²) in [6.07, 6.45) is 4.13. The van der Waals surface area contributed by atoms with E-state index in [0.717, 1.165) is 22.5 Å². The molecule has 2 heterocycles. The van der Waals surface area contributed by atoms with E-state index in [1.807, 2.05) is 31.2 Å². The van der Waals surface area contributed by atoms with Gasteiger partial charge in [-0.05, 0) is 36.6 Å². The van der Waals surface area contributed by atoms with Gasteiger partial charge in [-0.2, -0.15) is 0 Å². The summed E-state index contributed by atoms with van der Waals surface area (Å²) in [5.74, 6) is -0.901. The van der Waals surface area contributed by atoms with Crippen LogP contribution in [0.2, 0.25) is 0 Å². The Hall–Kier alpha value is -2.23. The Morgan fingerprint density at radius 1 is 1.20 bits per heavy atom. The molecule has 5 rings (SSSR count). The predicted octanol–water partition coefficient (Wildman–Crippen LogP) is 2.55. The number of aliphatic carboxylic acids is 1. The van der Waals surface area contributed by atoms with Crippen LogP contribution < -0.4 is 0 Å². The average molecular weight is 266 g/mol. The molecule has 2 aromatic rings. The molecule has 2 bridgehead atoms. The third kappa shape index (κ3) is 1.24. The van der Waals surface area contributed by atoms with E-state index >= 15 is 0 Å². The molecule has 0 radical (unpaired) electrons. The summed E-state index contributed by atoms with van der Waals surface area (Å²) in [4.78, 5) is 20.8. The maximum absolute atomic E-state index is 11.8. The molecule has 0 aromatic carbocycles. The molecule has 1 N–H and O–H groups in total. The molecule has 0 aliphatic heterocycles. The normalized spacial score (nSPS) is 29.6. The van der Waals surface area contributed by atoms with Gasteiger partial charge in [0.1, 0.15) is 0 Å². The van der Waals surface area contributed by atoms with Crippen LogP contribution in [0, 0.1) is 5.41 Å². The number of rotatable bonds is 1. The zero-order chi connectivity index (χ0) is 13.9. The van der Waals surface area contributed by atoms with Gasteiger partial charge in [0, 0.05) is 24.2 Å². The van der Waals surface area contributed by atoms with Gasteiger partial charge in [0.05, 0.1) is 16.8 Å². The van der Waals surface area contributed by atoms with Crippen molar-refractivity contribution in [2.75, 3.05) is 0 Å². The lowest BCUT2D eigenvalue weighted by Gasteiger charge is -2.48. The molecule has 2 aromatic heterocycles. The first kappa shape index (κ1) is 11.6. The van der Waals surface area contributed by atoms with E-state index in [9.17, 15) is 9.90 Å². The summed E-state index contributed by atoms with van der Waals surface area (Å²) in [6, 6.07) is 7.79. The van der Waals surface area contributed by atoms with Gasteiger partial charge in [-0.15, -0.1) is 0 Å². The van der Waals surface area contributed by atoms with Crippen molar-refractivity contribution in [3.05, 3.63) is 59.2 Å². The van der Waals surface area contributed by atoms with Gasteiger partial charge in [-0.1, -0.05) is 12.1 Å². The molecule has 20 heavy (non-hydrogen) atoms. The Bertz CT molecular complexity index is 680.